The molecule has 4 rings (SSSR count). The van der Waals surface area contributed by atoms with Crippen LogP contribution in [0.2, 0.25) is 0 Å². The van der Waals surface area contributed by atoms with Gasteiger partial charge in [0.15, 0.2) is 5.11 Å². The van der Waals surface area contributed by atoms with Crippen molar-refractivity contribution in [3.63, 3.8) is 0 Å². The van der Waals surface area contributed by atoms with Crippen LogP contribution in [-0.2, 0) is 0 Å². The molecule has 2 aliphatic rings. The van der Waals surface area contributed by atoms with E-state index < -0.39 is 0 Å². The maximum Gasteiger partial charge on any atom is 0.232 e. The number of benzene rings is 1. The van der Waals surface area contributed by atoms with Crippen molar-refractivity contribution in [1.29, 1.82) is 0 Å². The fourth-order valence-corrected chi connectivity index (χ4v) is 4.90. The van der Waals surface area contributed by atoms with E-state index in [0.717, 1.165) is 50.9 Å². The van der Waals surface area contributed by atoms with Gasteiger partial charge in [-0.1, -0.05) is 25.1 Å². The molecule has 3 heterocycles. The standard InChI is InChI=1S/C25H37N7S/c1-19-9-8-12-32(18-19)22-17-21(26-23(27-22)28-24(33)29-25(2,3)4)31-15-13-30(14-16-31)20-10-6-5-7-11-20/h5-7,10-11,17,19H,8-9,12-16,18H2,1-4H3,(H2,26,27,28,29,33)/t19-/m0/s1. The van der Waals surface area contributed by atoms with Gasteiger partial charge in [-0.05, 0) is 63.9 Å². The van der Waals surface area contributed by atoms with Gasteiger partial charge in [0.2, 0.25) is 5.95 Å². The summed E-state index contributed by atoms with van der Waals surface area (Å²) in [7, 11) is 0. The van der Waals surface area contributed by atoms with Crippen molar-refractivity contribution in [2.24, 2.45) is 5.92 Å². The van der Waals surface area contributed by atoms with Gasteiger partial charge in [-0.2, -0.15) is 9.97 Å². The number of para-hydroxylation sites is 1. The van der Waals surface area contributed by atoms with Crippen LogP contribution in [0, 0.1) is 5.92 Å². The van der Waals surface area contributed by atoms with Gasteiger partial charge in [0.1, 0.15) is 11.6 Å². The number of nitrogens with zero attached hydrogens (tertiary/aromatic N) is 5. The molecule has 0 bridgehead atoms. The van der Waals surface area contributed by atoms with E-state index in [1.807, 2.05) is 0 Å². The molecule has 1 aromatic carbocycles. The summed E-state index contributed by atoms with van der Waals surface area (Å²) in [5.41, 5.74) is 1.16. The molecule has 2 N–H and O–H groups in total. The summed E-state index contributed by atoms with van der Waals surface area (Å²) in [5, 5.41) is 7.09. The van der Waals surface area contributed by atoms with Crippen LogP contribution < -0.4 is 25.3 Å². The number of rotatable bonds is 4. The van der Waals surface area contributed by atoms with Gasteiger partial charge >= 0.3 is 0 Å². The summed E-state index contributed by atoms with van der Waals surface area (Å²) in [4.78, 5) is 16.9. The first-order valence-electron chi connectivity index (χ1n) is 12.0. The predicted molar refractivity (Wildman–Crippen MR) is 143 cm³/mol. The van der Waals surface area contributed by atoms with E-state index in [-0.39, 0.29) is 5.54 Å². The van der Waals surface area contributed by atoms with Crippen LogP contribution in [0.5, 0.6) is 0 Å². The van der Waals surface area contributed by atoms with E-state index in [2.05, 4.69) is 89.4 Å². The van der Waals surface area contributed by atoms with Crippen LogP contribution in [-0.4, -0.2) is 59.9 Å². The lowest BCUT2D eigenvalue weighted by Gasteiger charge is -2.37. The molecule has 7 nitrogen and oxygen atoms in total. The Labute approximate surface area is 203 Å². The number of piperazine rings is 1. The van der Waals surface area contributed by atoms with Crippen LogP contribution in [0.1, 0.15) is 40.5 Å². The molecule has 0 aliphatic carbocycles. The molecule has 2 aliphatic heterocycles. The van der Waals surface area contributed by atoms with Crippen molar-refractivity contribution in [3.05, 3.63) is 36.4 Å². The molecule has 0 amide bonds. The topological polar surface area (TPSA) is 59.6 Å². The third-order valence-corrected chi connectivity index (χ3v) is 6.32. The summed E-state index contributed by atoms with van der Waals surface area (Å²) >= 11 is 5.54. The number of anilines is 4. The highest BCUT2D eigenvalue weighted by Gasteiger charge is 2.23. The van der Waals surface area contributed by atoms with Crippen molar-refractivity contribution >= 4 is 40.6 Å². The van der Waals surface area contributed by atoms with Gasteiger partial charge in [-0.3, -0.25) is 0 Å². The first-order valence-corrected chi connectivity index (χ1v) is 12.5. The third-order valence-electron chi connectivity index (χ3n) is 6.12. The summed E-state index contributed by atoms with van der Waals surface area (Å²) in [6.07, 6.45) is 2.48. The second kappa shape index (κ2) is 10.1. The molecule has 2 saturated heterocycles. The van der Waals surface area contributed by atoms with E-state index in [1.165, 1.54) is 18.5 Å². The van der Waals surface area contributed by atoms with Crippen molar-refractivity contribution in [2.45, 2.75) is 46.1 Å². The minimum Gasteiger partial charge on any atom is -0.368 e. The molecule has 2 aromatic rings. The van der Waals surface area contributed by atoms with Crippen LogP contribution in [0.3, 0.4) is 0 Å². The van der Waals surface area contributed by atoms with Crippen molar-refractivity contribution in [2.75, 3.05) is 59.3 Å². The van der Waals surface area contributed by atoms with E-state index in [9.17, 15) is 0 Å². The van der Waals surface area contributed by atoms with Gasteiger partial charge in [0, 0.05) is 56.6 Å². The fraction of sp³-hybridized carbons (Fsp3) is 0.560. The Kier molecular flexibility index (Phi) is 7.22. The van der Waals surface area contributed by atoms with Gasteiger partial charge in [-0.25, -0.2) is 0 Å². The van der Waals surface area contributed by atoms with Gasteiger partial charge in [0.05, 0.1) is 0 Å². The van der Waals surface area contributed by atoms with E-state index in [1.54, 1.807) is 0 Å². The maximum absolute atomic E-state index is 5.54. The average Bonchev–Trinajstić information content (AvgIpc) is 2.78. The van der Waals surface area contributed by atoms with Crippen molar-refractivity contribution < 1.29 is 0 Å². The van der Waals surface area contributed by atoms with E-state index in [0.29, 0.717) is 17.0 Å². The Morgan fingerprint density at radius 1 is 0.939 bits per heavy atom. The molecule has 2 fully saturated rings. The fourth-order valence-electron chi connectivity index (χ4n) is 4.51. The number of hydrogen-bond donors (Lipinski definition) is 2. The molecule has 8 heteroatoms. The van der Waals surface area contributed by atoms with Crippen LogP contribution in [0.15, 0.2) is 36.4 Å². The highest BCUT2D eigenvalue weighted by molar-refractivity contribution is 7.80. The average molecular weight is 468 g/mol. The van der Waals surface area contributed by atoms with Gasteiger partial charge in [0.25, 0.3) is 0 Å². The Bertz CT molecular complexity index is 936. The van der Waals surface area contributed by atoms with Gasteiger partial charge in [-0.15, -0.1) is 0 Å². The minimum atomic E-state index is -0.124. The number of nitrogens with one attached hydrogen (secondary N) is 2. The predicted octanol–water partition coefficient (Wildman–Crippen LogP) is 4.12. The summed E-state index contributed by atoms with van der Waals surface area (Å²) < 4.78 is 0. The molecule has 0 spiro atoms. The third kappa shape index (κ3) is 6.47. The Hall–Kier alpha value is -2.61. The molecule has 178 valence electrons. The molecule has 33 heavy (non-hydrogen) atoms. The Balaban J connectivity index is 1.53. The lowest BCUT2D eigenvalue weighted by molar-refractivity contribution is 0.444. The second-order valence-corrected chi connectivity index (χ2v) is 10.6. The number of hydrogen-bond acceptors (Lipinski definition) is 6. The Morgan fingerprint density at radius 3 is 2.21 bits per heavy atom. The van der Waals surface area contributed by atoms with Crippen LogP contribution in [0.4, 0.5) is 23.3 Å². The molecule has 1 atom stereocenters. The molecule has 0 unspecified atom stereocenters. The number of aromatic nitrogens is 2. The zero-order valence-corrected chi connectivity index (χ0v) is 21.2. The molecule has 1 aromatic heterocycles. The highest BCUT2D eigenvalue weighted by atomic mass is 32.1. The molecule has 0 radical (unpaired) electrons. The zero-order chi connectivity index (χ0) is 23.4. The zero-order valence-electron chi connectivity index (χ0n) is 20.3. The quantitative estimate of drug-likeness (QED) is 0.651. The smallest absolute Gasteiger partial charge is 0.232 e. The molecular weight excluding hydrogens is 430 g/mol. The van der Waals surface area contributed by atoms with Gasteiger partial charge < -0.3 is 25.3 Å². The van der Waals surface area contributed by atoms with Crippen molar-refractivity contribution in [1.82, 2.24) is 15.3 Å². The van der Waals surface area contributed by atoms with Crippen molar-refractivity contribution in [3.8, 4) is 0 Å². The molecule has 0 saturated carbocycles. The first kappa shape index (κ1) is 23.5. The number of piperidine rings is 1. The second-order valence-electron chi connectivity index (χ2n) is 10.2. The largest absolute Gasteiger partial charge is 0.368 e. The minimum absolute atomic E-state index is 0.124. The van der Waals surface area contributed by atoms with Crippen LogP contribution in [0.25, 0.3) is 0 Å². The lowest BCUT2D eigenvalue weighted by Crippen LogP contribution is -2.47. The lowest BCUT2D eigenvalue weighted by atomic mass is 10.0. The molecular formula is C25H37N7S. The normalized spacial score (nSPS) is 19.4. The van der Waals surface area contributed by atoms with E-state index in [4.69, 9.17) is 22.2 Å². The summed E-state index contributed by atoms with van der Waals surface area (Å²) in [5.74, 6) is 3.18. The Morgan fingerprint density at radius 2 is 1.58 bits per heavy atom. The summed E-state index contributed by atoms with van der Waals surface area (Å²) in [6.45, 7) is 14.4. The SMILES string of the molecule is C[C@H]1CCCN(c2cc(N3CCN(c4ccccc4)CC3)nc(NC(=S)NC(C)(C)C)n2)C1. The first-order chi connectivity index (χ1) is 15.8. The maximum atomic E-state index is 5.54. The van der Waals surface area contributed by atoms with E-state index >= 15 is 0 Å². The monoisotopic (exact) mass is 467 g/mol. The van der Waals surface area contributed by atoms with Crippen LogP contribution >= 0.6 is 12.2 Å². The number of thiocarbonyl (C=S) groups is 1. The highest BCUT2D eigenvalue weighted by Crippen LogP contribution is 2.27. The summed E-state index contributed by atoms with van der Waals surface area (Å²) in [6, 6.07) is 12.8.